The zero-order valence-corrected chi connectivity index (χ0v) is 18.0. The van der Waals surface area contributed by atoms with Crippen LogP contribution in [0.2, 0.25) is 0 Å². The number of rotatable bonds is 6. The van der Waals surface area contributed by atoms with E-state index in [1.165, 1.54) is 10.7 Å². The third-order valence-corrected chi connectivity index (χ3v) is 6.78. The Kier molecular flexibility index (Phi) is 4.61. The maximum absolute atomic E-state index is 13.2. The quantitative estimate of drug-likeness (QED) is 0.522. The van der Waals surface area contributed by atoms with Crippen molar-refractivity contribution in [2.45, 2.75) is 43.6 Å². The van der Waals surface area contributed by atoms with Gasteiger partial charge < -0.3 is 25.3 Å². The Morgan fingerprint density at radius 1 is 1.30 bits per heavy atom. The summed E-state index contributed by atoms with van der Waals surface area (Å²) in [5.41, 5.74) is 1.48. The number of hydrogen-bond donors (Lipinski definition) is 3. The van der Waals surface area contributed by atoms with Crippen molar-refractivity contribution in [3.05, 3.63) is 46.6 Å². The number of carbonyl (C=O) groups excluding carboxylic acids is 1. The van der Waals surface area contributed by atoms with E-state index in [0.717, 1.165) is 19.4 Å². The molecule has 1 amide bonds. The second-order valence-corrected chi connectivity index (χ2v) is 8.85. The van der Waals surface area contributed by atoms with Gasteiger partial charge in [0, 0.05) is 32.3 Å². The van der Waals surface area contributed by atoms with Crippen molar-refractivity contribution in [1.29, 1.82) is 0 Å². The summed E-state index contributed by atoms with van der Waals surface area (Å²) in [5.74, 6) is 0.458. The topological polar surface area (TPSA) is 115 Å². The number of amides is 1. The molecule has 172 valence electrons. The predicted molar refractivity (Wildman–Crippen MR) is 119 cm³/mol. The van der Waals surface area contributed by atoms with E-state index >= 15 is 0 Å². The molecular formula is C22H24FN7O3. The van der Waals surface area contributed by atoms with Gasteiger partial charge in [-0.05, 0) is 30.9 Å². The lowest BCUT2D eigenvalue weighted by Crippen LogP contribution is -2.44. The first-order valence-corrected chi connectivity index (χ1v) is 11.1. The SMILES string of the molecule is CNc1cc(Nc2cccn(C3CC4CCOC43)c2=O)nn2c(C(=O)N[C@@H]3C[C@@H]3F)cnc12. The van der Waals surface area contributed by atoms with Gasteiger partial charge in [-0.15, -0.1) is 5.10 Å². The van der Waals surface area contributed by atoms with Crippen molar-refractivity contribution in [3.63, 3.8) is 0 Å². The first-order chi connectivity index (χ1) is 16.0. The third kappa shape index (κ3) is 3.34. The molecule has 3 N–H and O–H groups in total. The summed E-state index contributed by atoms with van der Waals surface area (Å²) in [6, 6.07) is 4.82. The molecule has 2 aliphatic carbocycles. The molecule has 0 aromatic carbocycles. The summed E-state index contributed by atoms with van der Waals surface area (Å²) in [7, 11) is 1.73. The molecule has 3 aromatic heterocycles. The molecule has 1 saturated heterocycles. The van der Waals surface area contributed by atoms with Crippen LogP contribution in [0.1, 0.15) is 35.8 Å². The van der Waals surface area contributed by atoms with Crippen LogP contribution in [0.4, 0.5) is 21.6 Å². The normalized spacial score (nSPS) is 27.6. The first kappa shape index (κ1) is 20.2. The van der Waals surface area contributed by atoms with E-state index in [1.54, 1.807) is 29.9 Å². The molecule has 0 radical (unpaired) electrons. The number of ether oxygens (including phenoxy) is 1. The highest BCUT2D eigenvalue weighted by atomic mass is 19.1. The molecule has 33 heavy (non-hydrogen) atoms. The second-order valence-electron chi connectivity index (χ2n) is 8.85. The summed E-state index contributed by atoms with van der Waals surface area (Å²) in [6.07, 6.45) is 4.60. The van der Waals surface area contributed by atoms with Crippen molar-refractivity contribution < 1.29 is 13.9 Å². The summed E-state index contributed by atoms with van der Waals surface area (Å²) >= 11 is 0. The monoisotopic (exact) mass is 453 g/mol. The molecule has 0 bridgehead atoms. The van der Waals surface area contributed by atoms with Crippen LogP contribution in [0.25, 0.3) is 5.65 Å². The van der Waals surface area contributed by atoms with Crippen LogP contribution in [-0.4, -0.2) is 57.0 Å². The van der Waals surface area contributed by atoms with E-state index in [0.29, 0.717) is 35.2 Å². The van der Waals surface area contributed by atoms with Crippen molar-refractivity contribution in [2.75, 3.05) is 24.3 Å². The average molecular weight is 453 g/mol. The van der Waals surface area contributed by atoms with Gasteiger partial charge in [-0.2, -0.15) is 0 Å². The molecule has 3 fully saturated rings. The molecule has 1 aliphatic heterocycles. The van der Waals surface area contributed by atoms with Crippen molar-refractivity contribution in [1.82, 2.24) is 24.5 Å². The molecule has 3 aromatic rings. The van der Waals surface area contributed by atoms with Gasteiger partial charge in [0.25, 0.3) is 11.5 Å². The lowest BCUT2D eigenvalue weighted by molar-refractivity contribution is -0.0195. The zero-order valence-electron chi connectivity index (χ0n) is 18.0. The van der Waals surface area contributed by atoms with Crippen molar-refractivity contribution in [2.24, 2.45) is 5.92 Å². The van der Waals surface area contributed by atoms with Crippen LogP contribution < -0.4 is 21.5 Å². The summed E-state index contributed by atoms with van der Waals surface area (Å²) < 4.78 is 22.2. The first-order valence-electron chi connectivity index (χ1n) is 11.1. The van der Waals surface area contributed by atoms with Gasteiger partial charge in [0.15, 0.2) is 17.2 Å². The third-order valence-electron chi connectivity index (χ3n) is 6.78. The lowest BCUT2D eigenvalue weighted by atomic mass is 9.76. The molecule has 10 nitrogen and oxygen atoms in total. The van der Waals surface area contributed by atoms with Gasteiger partial charge in [-0.25, -0.2) is 13.9 Å². The van der Waals surface area contributed by atoms with E-state index in [-0.39, 0.29) is 23.4 Å². The van der Waals surface area contributed by atoms with Crippen molar-refractivity contribution >= 4 is 28.7 Å². The number of aromatic nitrogens is 4. The Hall–Kier alpha value is -3.47. The summed E-state index contributed by atoms with van der Waals surface area (Å²) in [4.78, 5) is 30.1. The molecule has 2 saturated carbocycles. The summed E-state index contributed by atoms with van der Waals surface area (Å²) in [6.45, 7) is 0.753. The number of hydrogen-bond acceptors (Lipinski definition) is 7. The van der Waals surface area contributed by atoms with Crippen molar-refractivity contribution in [3.8, 4) is 0 Å². The lowest BCUT2D eigenvalue weighted by Gasteiger charge is -2.40. The van der Waals surface area contributed by atoms with Gasteiger partial charge in [0.2, 0.25) is 0 Å². The number of nitrogens with zero attached hydrogens (tertiary/aromatic N) is 4. The van der Waals surface area contributed by atoms with E-state index in [2.05, 4.69) is 26.0 Å². The smallest absolute Gasteiger partial charge is 0.274 e. The standard InChI is InChI=1S/C22H24FN7O3/c1-24-15-9-18(28-30-17(10-25-20(15)30)21(31)27-14-8-12(14)23)26-13-3-2-5-29(22(13)32)16-7-11-4-6-33-19(11)16/h2-3,5,9-12,14,16,19,24H,4,6-8H2,1H3,(H,26,28)(H,27,31)/t11?,12-,14+,16?,19?/m0/s1. The van der Waals surface area contributed by atoms with Crippen LogP contribution in [0.3, 0.4) is 0 Å². The number of nitrogens with one attached hydrogen (secondary N) is 3. The number of halogens is 1. The Morgan fingerprint density at radius 2 is 2.15 bits per heavy atom. The number of pyridine rings is 1. The van der Waals surface area contributed by atoms with Crippen LogP contribution in [-0.2, 0) is 4.74 Å². The van der Waals surface area contributed by atoms with E-state index in [1.807, 2.05) is 6.07 Å². The van der Waals surface area contributed by atoms with Crippen LogP contribution in [0.5, 0.6) is 0 Å². The van der Waals surface area contributed by atoms with Crippen LogP contribution in [0, 0.1) is 5.92 Å². The highest BCUT2D eigenvalue weighted by Gasteiger charge is 2.46. The molecule has 5 atom stereocenters. The fourth-order valence-electron chi connectivity index (χ4n) is 4.78. The van der Waals surface area contributed by atoms with Crippen LogP contribution in [0.15, 0.2) is 35.4 Å². The van der Waals surface area contributed by atoms with Gasteiger partial charge in [-0.1, -0.05) is 0 Å². The number of fused-ring (bicyclic) bond motifs is 2. The number of alkyl halides is 1. The van der Waals surface area contributed by atoms with Gasteiger partial charge in [-0.3, -0.25) is 9.59 Å². The van der Waals surface area contributed by atoms with Gasteiger partial charge >= 0.3 is 0 Å². The van der Waals surface area contributed by atoms with E-state index in [4.69, 9.17) is 4.74 Å². The average Bonchev–Trinajstić information content (AvgIpc) is 3.16. The highest BCUT2D eigenvalue weighted by Crippen LogP contribution is 2.45. The molecular weight excluding hydrogens is 429 g/mol. The number of carbonyl (C=O) groups is 1. The molecule has 4 heterocycles. The maximum Gasteiger partial charge on any atom is 0.274 e. The number of imidazole rings is 1. The van der Waals surface area contributed by atoms with Gasteiger partial charge in [0.1, 0.15) is 11.9 Å². The predicted octanol–water partition coefficient (Wildman–Crippen LogP) is 1.87. The Bertz CT molecular complexity index is 1300. The minimum Gasteiger partial charge on any atom is -0.385 e. The molecule has 0 spiro atoms. The Morgan fingerprint density at radius 3 is 2.91 bits per heavy atom. The largest absolute Gasteiger partial charge is 0.385 e. The fraction of sp³-hybridized carbons (Fsp3) is 0.455. The molecule has 3 unspecified atom stereocenters. The van der Waals surface area contributed by atoms with E-state index in [9.17, 15) is 14.0 Å². The minimum atomic E-state index is -1.01. The number of anilines is 3. The molecule has 6 rings (SSSR count). The fourth-order valence-corrected chi connectivity index (χ4v) is 4.78. The summed E-state index contributed by atoms with van der Waals surface area (Å²) in [5, 5.41) is 13.3. The Labute approximate surface area is 188 Å². The zero-order chi connectivity index (χ0) is 22.7. The van der Waals surface area contributed by atoms with Gasteiger partial charge in [0.05, 0.1) is 30.1 Å². The highest BCUT2D eigenvalue weighted by molar-refractivity contribution is 5.94. The van der Waals surface area contributed by atoms with E-state index < -0.39 is 18.1 Å². The second kappa shape index (κ2) is 7.55. The Balaban J connectivity index is 1.32. The maximum atomic E-state index is 13.2. The minimum absolute atomic E-state index is 0.0424. The van der Waals surface area contributed by atoms with Crippen LogP contribution >= 0.6 is 0 Å². The molecule has 3 aliphatic rings. The molecule has 11 heteroatoms.